The maximum atomic E-state index is 12.0. The van der Waals surface area contributed by atoms with Crippen LogP contribution in [0.2, 0.25) is 0 Å². The Balaban J connectivity index is -0.000000219. The van der Waals surface area contributed by atoms with E-state index >= 15 is 0 Å². The molecule has 0 saturated heterocycles. The summed E-state index contributed by atoms with van der Waals surface area (Å²) in [5.74, 6) is -2.68. The summed E-state index contributed by atoms with van der Waals surface area (Å²) in [7, 11) is 0. The number of ether oxygens (including phenoxy) is 2. The second kappa shape index (κ2) is 41.8. The number of hydrogen-bond acceptors (Lipinski definition) is 7. The normalized spacial score (nSPS) is 10.6. The van der Waals surface area contributed by atoms with E-state index in [1.807, 2.05) is 0 Å². The first-order chi connectivity index (χ1) is 17.4. The van der Waals surface area contributed by atoms with Crippen molar-refractivity contribution in [3.8, 4) is 0 Å². The monoisotopic (exact) mass is 671 g/mol. The smallest absolute Gasteiger partial charge is 1.00 e. The second-order valence-electron chi connectivity index (χ2n) is 9.94. The topological polar surface area (TPSA) is 113 Å². The minimum Gasteiger partial charge on any atom is -1.00 e. The zero-order valence-corrected chi connectivity index (χ0v) is 39.7. The fourth-order valence-corrected chi connectivity index (χ4v) is 4.02. The Hall–Kier alpha value is 4.79. The molecular weight excluding hydrogens is 615 g/mol. The maximum absolute atomic E-state index is 12.0. The van der Waals surface area contributed by atoms with E-state index in [0.29, 0.717) is 12.8 Å². The van der Waals surface area contributed by atoms with Gasteiger partial charge in [-0.05, 0) is 19.3 Å². The molecule has 2 N–H and O–H groups in total. The summed E-state index contributed by atoms with van der Waals surface area (Å²) >= 11 is 0. The van der Waals surface area contributed by atoms with Crippen molar-refractivity contribution in [1.29, 1.82) is 0 Å². The van der Waals surface area contributed by atoms with Gasteiger partial charge in [-0.1, -0.05) is 117 Å². The van der Waals surface area contributed by atoms with Crippen LogP contribution in [0.3, 0.4) is 0 Å². The first-order valence-electron chi connectivity index (χ1n) is 14.6. The first-order valence-corrected chi connectivity index (χ1v) is 14.6. The molecule has 0 bridgehead atoms. The van der Waals surface area contributed by atoms with Crippen molar-refractivity contribution in [2.24, 2.45) is 5.73 Å². The molecular formula is C29H57K4NO6. The number of esters is 4. The van der Waals surface area contributed by atoms with Gasteiger partial charge in [-0.25, -0.2) is 4.79 Å². The van der Waals surface area contributed by atoms with Crippen molar-refractivity contribution in [3.05, 3.63) is 0 Å². The van der Waals surface area contributed by atoms with Crippen LogP contribution in [0.15, 0.2) is 0 Å². The Bertz CT molecular complexity index is 630. The summed E-state index contributed by atoms with van der Waals surface area (Å²) in [5, 5.41) is 0. The molecule has 1 atom stereocenters. The summed E-state index contributed by atoms with van der Waals surface area (Å²) in [4.78, 5) is 47.4. The van der Waals surface area contributed by atoms with E-state index in [1.54, 1.807) is 0 Å². The van der Waals surface area contributed by atoms with Gasteiger partial charge in [0.05, 0.1) is 0 Å². The van der Waals surface area contributed by atoms with Crippen LogP contribution in [-0.2, 0) is 28.7 Å². The summed E-state index contributed by atoms with van der Waals surface area (Å²) in [6, 6.07) is -1.10. The zero-order chi connectivity index (χ0) is 26.9. The molecule has 0 aromatic rings. The van der Waals surface area contributed by atoms with Crippen LogP contribution in [0.4, 0.5) is 0 Å². The molecule has 7 nitrogen and oxygen atoms in total. The molecule has 218 valence electrons. The quantitative estimate of drug-likeness (QED) is 0.0477. The third kappa shape index (κ3) is 39.0. The van der Waals surface area contributed by atoms with Gasteiger partial charge in [-0.2, -0.15) is 0 Å². The van der Waals surface area contributed by atoms with E-state index in [9.17, 15) is 19.2 Å². The number of carbonyl (C=O) groups is 4. The van der Waals surface area contributed by atoms with Crippen LogP contribution < -0.4 is 211 Å². The molecule has 0 amide bonds. The predicted octanol–water partition coefficient (Wildman–Crippen LogP) is -4.46. The van der Waals surface area contributed by atoms with Crippen molar-refractivity contribution < 1.29 is 240 Å². The van der Waals surface area contributed by atoms with E-state index in [4.69, 9.17) is 15.2 Å². The molecule has 0 aliphatic carbocycles. The van der Waals surface area contributed by atoms with Crippen molar-refractivity contribution in [3.63, 3.8) is 0 Å². The predicted molar refractivity (Wildman–Crippen MR) is 148 cm³/mol. The van der Waals surface area contributed by atoms with Gasteiger partial charge < -0.3 is 20.9 Å². The maximum Gasteiger partial charge on any atom is 1.00 e. The molecule has 0 aromatic carbocycles. The van der Waals surface area contributed by atoms with E-state index in [2.05, 4.69) is 13.8 Å². The molecule has 0 rings (SSSR count). The molecule has 0 spiro atoms. The first kappa shape index (κ1) is 54.2. The summed E-state index contributed by atoms with van der Waals surface area (Å²) in [6.07, 6.45) is 20.6. The van der Waals surface area contributed by atoms with Crippen LogP contribution in [-0.4, -0.2) is 29.9 Å². The molecule has 0 aromatic heterocycles. The SMILES string of the molecule is CCCCCCCCCCCC(=O)OC(=O)CC[C@H](N)C(=O)OC(=O)CCCCCCCCCCC.[H-].[H-].[H-].[H-].[K+].[K+].[K+].[K+]. The Labute approximate surface area is 421 Å². The third-order valence-corrected chi connectivity index (χ3v) is 6.37. The van der Waals surface area contributed by atoms with Crippen LogP contribution in [0.25, 0.3) is 0 Å². The third-order valence-electron chi connectivity index (χ3n) is 6.37. The van der Waals surface area contributed by atoms with Gasteiger partial charge in [0.15, 0.2) is 0 Å². The average molecular weight is 672 g/mol. The number of nitrogens with two attached hydrogens (primary N) is 1. The molecule has 0 unspecified atom stereocenters. The Morgan fingerprint density at radius 1 is 0.500 bits per heavy atom. The van der Waals surface area contributed by atoms with Crippen molar-refractivity contribution in [1.82, 2.24) is 0 Å². The Kier molecular flexibility index (Phi) is 56.7. The van der Waals surface area contributed by atoms with E-state index in [0.717, 1.165) is 25.7 Å². The van der Waals surface area contributed by atoms with Crippen molar-refractivity contribution >= 4 is 23.9 Å². The summed E-state index contributed by atoms with van der Waals surface area (Å²) in [6.45, 7) is 4.40. The Morgan fingerprint density at radius 3 is 1.18 bits per heavy atom. The number of hydrogen-bond donors (Lipinski definition) is 1. The van der Waals surface area contributed by atoms with Gasteiger partial charge in [-0.3, -0.25) is 14.4 Å². The largest absolute Gasteiger partial charge is 1.00 e. The van der Waals surface area contributed by atoms with Gasteiger partial charge in [0.25, 0.3) is 0 Å². The summed E-state index contributed by atoms with van der Waals surface area (Å²) in [5.41, 5.74) is 5.73. The van der Waals surface area contributed by atoms with Crippen LogP contribution >= 0.6 is 0 Å². The standard InChI is InChI=1S/C29H53NO6.4K.4H/c1-3-5-7-9-11-13-15-17-19-21-26(31)35-28(33)24-23-25(30)29(34)36-27(32)22-20-18-16-14-12-10-8-6-4-2;;;;;;;;/h25H,3-24,30H2,1-2H3;;;;;;;;/q;4*+1;4*-1/t25-;;;;;;;;/m0......../s1. The van der Waals surface area contributed by atoms with Crippen molar-refractivity contribution in [2.45, 2.75) is 161 Å². The number of carbonyl (C=O) groups excluding carboxylic acids is 4. The molecule has 11 heteroatoms. The molecule has 0 fully saturated rings. The van der Waals surface area contributed by atoms with E-state index < -0.39 is 29.9 Å². The van der Waals surface area contributed by atoms with Crippen molar-refractivity contribution in [2.75, 3.05) is 0 Å². The number of unbranched alkanes of at least 4 members (excludes halogenated alkanes) is 16. The minimum absolute atomic E-state index is 0. The van der Waals surface area contributed by atoms with Gasteiger partial charge in [0, 0.05) is 19.3 Å². The Morgan fingerprint density at radius 2 is 0.800 bits per heavy atom. The average Bonchev–Trinajstić information content (AvgIpc) is 2.85. The van der Waals surface area contributed by atoms with Gasteiger partial charge in [0.2, 0.25) is 0 Å². The molecule has 40 heavy (non-hydrogen) atoms. The summed E-state index contributed by atoms with van der Waals surface area (Å²) < 4.78 is 9.58. The van der Waals surface area contributed by atoms with Crippen LogP contribution in [0, 0.1) is 0 Å². The van der Waals surface area contributed by atoms with Crippen LogP contribution in [0.5, 0.6) is 0 Å². The molecule has 0 heterocycles. The number of rotatable bonds is 24. The molecule has 0 radical (unpaired) electrons. The fraction of sp³-hybridized carbons (Fsp3) is 0.862. The minimum atomic E-state index is -1.10. The van der Waals surface area contributed by atoms with E-state index in [1.165, 1.54) is 77.0 Å². The molecule has 0 aliphatic rings. The molecule has 0 saturated carbocycles. The fourth-order valence-electron chi connectivity index (χ4n) is 4.02. The second-order valence-corrected chi connectivity index (χ2v) is 9.94. The van der Waals surface area contributed by atoms with Crippen LogP contribution in [0.1, 0.15) is 161 Å². The van der Waals surface area contributed by atoms with Gasteiger partial charge in [-0.15, -0.1) is 0 Å². The van der Waals surface area contributed by atoms with Gasteiger partial charge in [0.1, 0.15) is 6.04 Å². The molecule has 0 aliphatic heterocycles. The van der Waals surface area contributed by atoms with Gasteiger partial charge >= 0.3 is 229 Å². The van der Waals surface area contributed by atoms with E-state index in [-0.39, 0.29) is 237 Å². The zero-order valence-electron chi connectivity index (χ0n) is 31.2.